The Bertz CT molecular complexity index is 917. The molecule has 146 valence electrons. The largest absolute Gasteiger partial charge is 0.354 e. The van der Waals surface area contributed by atoms with E-state index in [0.717, 1.165) is 16.1 Å². The van der Waals surface area contributed by atoms with Gasteiger partial charge in [0.1, 0.15) is 11.9 Å². The zero-order valence-electron chi connectivity index (χ0n) is 15.4. The van der Waals surface area contributed by atoms with Crippen molar-refractivity contribution in [1.29, 1.82) is 0 Å². The topological polar surface area (TPSA) is 66.5 Å². The zero-order chi connectivity index (χ0) is 20.2. The first-order valence-electron chi connectivity index (χ1n) is 8.37. The number of halogens is 2. The minimum Gasteiger partial charge on any atom is -0.354 e. The first-order valence-corrected chi connectivity index (χ1v) is 10.6. The molecule has 2 rings (SSSR count). The first-order chi connectivity index (χ1) is 12.6. The minimum absolute atomic E-state index is 0.306. The standard InChI is InChI=1S/C19H22ClFN2O3S/c1-13-4-7-16(20)12-18(13)23(27(3,25)26)14(2)19(24)22-11-10-15-5-8-17(21)9-6-15/h4-9,12,14H,10-11H2,1-3H3,(H,22,24)/t14-/m0/s1. The molecule has 0 spiro atoms. The molecule has 2 aromatic carbocycles. The summed E-state index contributed by atoms with van der Waals surface area (Å²) in [6.07, 6.45) is 1.56. The lowest BCUT2D eigenvalue weighted by atomic mass is 10.1. The van der Waals surface area contributed by atoms with Crippen LogP contribution in [-0.4, -0.2) is 33.2 Å². The Labute approximate surface area is 164 Å². The van der Waals surface area contributed by atoms with Gasteiger partial charge in [0.05, 0.1) is 11.9 Å². The molecule has 0 aromatic heterocycles. The van der Waals surface area contributed by atoms with Gasteiger partial charge in [-0.1, -0.05) is 29.8 Å². The highest BCUT2D eigenvalue weighted by molar-refractivity contribution is 7.92. The van der Waals surface area contributed by atoms with Gasteiger partial charge in [-0.15, -0.1) is 0 Å². The lowest BCUT2D eigenvalue weighted by Gasteiger charge is -2.29. The van der Waals surface area contributed by atoms with Crippen molar-refractivity contribution in [3.05, 3.63) is 64.4 Å². The van der Waals surface area contributed by atoms with E-state index in [9.17, 15) is 17.6 Å². The summed E-state index contributed by atoms with van der Waals surface area (Å²) in [6, 6.07) is 9.93. The molecule has 0 aliphatic rings. The molecule has 1 atom stereocenters. The van der Waals surface area contributed by atoms with E-state index in [1.807, 2.05) is 0 Å². The fourth-order valence-electron chi connectivity index (χ4n) is 2.73. The molecule has 0 aliphatic heterocycles. The van der Waals surface area contributed by atoms with Gasteiger partial charge in [0, 0.05) is 11.6 Å². The number of hydrogen-bond acceptors (Lipinski definition) is 3. The number of carbonyl (C=O) groups is 1. The third kappa shape index (κ3) is 5.68. The number of rotatable bonds is 7. The number of sulfonamides is 1. The second-order valence-electron chi connectivity index (χ2n) is 6.33. The Kier molecular flexibility index (Phi) is 6.84. The molecular weight excluding hydrogens is 391 g/mol. The van der Waals surface area contributed by atoms with Crippen molar-refractivity contribution in [3.8, 4) is 0 Å². The Balaban J connectivity index is 2.13. The molecule has 1 amide bonds. The van der Waals surface area contributed by atoms with Crippen molar-refractivity contribution in [2.45, 2.75) is 26.3 Å². The summed E-state index contributed by atoms with van der Waals surface area (Å²) in [5, 5.41) is 3.11. The van der Waals surface area contributed by atoms with E-state index < -0.39 is 22.0 Å². The highest BCUT2D eigenvalue weighted by Gasteiger charge is 2.30. The molecule has 2 aromatic rings. The maximum absolute atomic E-state index is 12.9. The second kappa shape index (κ2) is 8.71. The lowest BCUT2D eigenvalue weighted by Crippen LogP contribution is -2.48. The summed E-state index contributed by atoms with van der Waals surface area (Å²) >= 11 is 6.01. The predicted octanol–water partition coefficient (Wildman–Crippen LogP) is 3.30. The summed E-state index contributed by atoms with van der Waals surface area (Å²) in [7, 11) is -3.71. The zero-order valence-corrected chi connectivity index (χ0v) is 16.9. The van der Waals surface area contributed by atoms with Crippen molar-refractivity contribution >= 4 is 33.2 Å². The normalized spacial score (nSPS) is 12.5. The van der Waals surface area contributed by atoms with Crippen molar-refractivity contribution in [3.63, 3.8) is 0 Å². The van der Waals surface area contributed by atoms with E-state index in [1.54, 1.807) is 31.2 Å². The van der Waals surface area contributed by atoms with E-state index in [0.29, 0.717) is 29.2 Å². The van der Waals surface area contributed by atoms with Crippen LogP contribution in [0.1, 0.15) is 18.1 Å². The number of amides is 1. The van der Waals surface area contributed by atoms with E-state index in [-0.39, 0.29) is 5.82 Å². The number of nitrogens with one attached hydrogen (secondary N) is 1. The van der Waals surface area contributed by atoms with Crippen LogP contribution in [0, 0.1) is 12.7 Å². The molecule has 27 heavy (non-hydrogen) atoms. The van der Waals surface area contributed by atoms with Gasteiger partial charge in [-0.3, -0.25) is 9.10 Å². The van der Waals surface area contributed by atoms with Gasteiger partial charge >= 0.3 is 0 Å². The summed E-state index contributed by atoms with van der Waals surface area (Å²) in [4.78, 5) is 12.5. The molecule has 0 aliphatic carbocycles. The van der Waals surface area contributed by atoms with E-state index in [4.69, 9.17) is 11.6 Å². The number of aryl methyl sites for hydroxylation is 1. The molecule has 0 heterocycles. The van der Waals surface area contributed by atoms with Crippen LogP contribution >= 0.6 is 11.6 Å². The first kappa shape index (κ1) is 21.2. The van der Waals surface area contributed by atoms with Crippen molar-refractivity contribution in [2.75, 3.05) is 17.1 Å². The van der Waals surface area contributed by atoms with E-state index in [2.05, 4.69) is 5.32 Å². The van der Waals surface area contributed by atoms with Crippen molar-refractivity contribution in [2.24, 2.45) is 0 Å². The fraction of sp³-hybridized carbons (Fsp3) is 0.316. The van der Waals surface area contributed by atoms with E-state index >= 15 is 0 Å². The monoisotopic (exact) mass is 412 g/mol. The number of nitrogens with zero attached hydrogens (tertiary/aromatic N) is 1. The molecule has 0 bridgehead atoms. The van der Waals surface area contributed by atoms with Crippen LogP contribution < -0.4 is 9.62 Å². The smallest absolute Gasteiger partial charge is 0.243 e. The maximum atomic E-state index is 12.9. The Morgan fingerprint density at radius 1 is 1.22 bits per heavy atom. The Morgan fingerprint density at radius 3 is 2.44 bits per heavy atom. The summed E-state index contributed by atoms with van der Waals surface area (Å²) in [5.41, 5.74) is 1.93. The predicted molar refractivity (Wildman–Crippen MR) is 106 cm³/mol. The van der Waals surface area contributed by atoms with Crippen LogP contribution in [0.4, 0.5) is 10.1 Å². The Morgan fingerprint density at radius 2 is 1.85 bits per heavy atom. The lowest BCUT2D eigenvalue weighted by molar-refractivity contribution is -0.121. The van der Waals surface area contributed by atoms with Gasteiger partial charge in [-0.2, -0.15) is 0 Å². The SMILES string of the molecule is Cc1ccc(Cl)cc1N([C@@H](C)C(=O)NCCc1ccc(F)cc1)S(C)(=O)=O. The highest BCUT2D eigenvalue weighted by atomic mass is 35.5. The molecule has 0 unspecified atom stereocenters. The van der Waals surface area contributed by atoms with Crippen LogP contribution in [0.3, 0.4) is 0 Å². The third-order valence-electron chi connectivity index (χ3n) is 4.12. The molecule has 0 fully saturated rings. The molecule has 0 radical (unpaired) electrons. The molecular formula is C19H22ClFN2O3S. The van der Waals surface area contributed by atoms with Crippen molar-refractivity contribution in [1.82, 2.24) is 5.32 Å². The summed E-state index contributed by atoms with van der Waals surface area (Å²) in [5.74, 6) is -0.751. The fourth-order valence-corrected chi connectivity index (χ4v) is 4.12. The van der Waals surface area contributed by atoms with Gasteiger partial charge < -0.3 is 5.32 Å². The van der Waals surface area contributed by atoms with Crippen LogP contribution in [-0.2, 0) is 21.2 Å². The summed E-state index contributed by atoms with van der Waals surface area (Å²) in [6.45, 7) is 3.58. The molecule has 5 nitrogen and oxygen atoms in total. The molecule has 0 saturated carbocycles. The number of carbonyl (C=O) groups excluding carboxylic acids is 1. The minimum atomic E-state index is -3.71. The third-order valence-corrected chi connectivity index (χ3v) is 5.59. The number of benzene rings is 2. The van der Waals surface area contributed by atoms with E-state index in [1.165, 1.54) is 25.1 Å². The van der Waals surface area contributed by atoms with Gasteiger partial charge in [0.2, 0.25) is 15.9 Å². The average molecular weight is 413 g/mol. The molecule has 1 N–H and O–H groups in total. The second-order valence-corrected chi connectivity index (χ2v) is 8.63. The van der Waals surface area contributed by atoms with Crippen LogP contribution in [0.15, 0.2) is 42.5 Å². The molecule has 8 heteroatoms. The number of anilines is 1. The van der Waals surface area contributed by atoms with Gasteiger partial charge in [-0.25, -0.2) is 12.8 Å². The van der Waals surface area contributed by atoms with Crippen LogP contribution in [0.2, 0.25) is 5.02 Å². The van der Waals surface area contributed by atoms with Gasteiger partial charge in [-0.05, 0) is 55.7 Å². The number of hydrogen-bond donors (Lipinski definition) is 1. The highest BCUT2D eigenvalue weighted by Crippen LogP contribution is 2.28. The summed E-state index contributed by atoms with van der Waals surface area (Å²) < 4.78 is 38.7. The quantitative estimate of drug-likeness (QED) is 0.758. The van der Waals surface area contributed by atoms with Gasteiger partial charge in [0.25, 0.3) is 0 Å². The van der Waals surface area contributed by atoms with Crippen LogP contribution in [0.5, 0.6) is 0 Å². The average Bonchev–Trinajstić information content (AvgIpc) is 2.58. The van der Waals surface area contributed by atoms with Gasteiger partial charge in [0.15, 0.2) is 0 Å². The Hall–Kier alpha value is -2.12. The maximum Gasteiger partial charge on any atom is 0.243 e. The molecule has 0 saturated heterocycles. The van der Waals surface area contributed by atoms with Crippen molar-refractivity contribution < 1.29 is 17.6 Å². The van der Waals surface area contributed by atoms with Crippen LogP contribution in [0.25, 0.3) is 0 Å².